The number of nitrogens with two attached hydrogens (primary N) is 1. The minimum atomic E-state index is -0.330. The molecule has 1 saturated carbocycles. The minimum Gasteiger partial charge on any atom is -0.348 e. The zero-order chi connectivity index (χ0) is 18.7. The first-order valence-corrected chi connectivity index (χ1v) is 9.10. The minimum absolute atomic E-state index is 0.0226. The second-order valence-corrected chi connectivity index (χ2v) is 7.22. The Kier molecular flexibility index (Phi) is 5.81. The number of amides is 2. The Morgan fingerprint density at radius 1 is 1.00 bits per heavy atom. The monoisotopic (exact) mass is 391 g/mol. The van der Waals surface area contributed by atoms with Crippen LogP contribution in [0.4, 0.5) is 5.69 Å². The summed E-state index contributed by atoms with van der Waals surface area (Å²) in [4.78, 5) is 24.6. The molecule has 2 amide bonds. The number of rotatable bonds is 6. The highest BCUT2D eigenvalue weighted by atomic mass is 35.5. The summed E-state index contributed by atoms with van der Waals surface area (Å²) < 4.78 is 0. The molecule has 1 aliphatic carbocycles. The summed E-state index contributed by atoms with van der Waals surface area (Å²) in [6, 6.07) is 11.3. The topological polar surface area (TPSA) is 84.2 Å². The van der Waals surface area contributed by atoms with Gasteiger partial charge in [-0.2, -0.15) is 0 Å². The van der Waals surface area contributed by atoms with Gasteiger partial charge in [0.1, 0.15) is 0 Å². The summed E-state index contributed by atoms with van der Waals surface area (Å²) >= 11 is 11.8. The molecule has 1 fully saturated rings. The van der Waals surface area contributed by atoms with Crippen LogP contribution in [0, 0.1) is 5.92 Å². The third-order valence-electron chi connectivity index (χ3n) is 4.29. The van der Waals surface area contributed by atoms with Crippen molar-refractivity contribution in [2.45, 2.75) is 18.9 Å². The van der Waals surface area contributed by atoms with Gasteiger partial charge in [0.25, 0.3) is 11.8 Å². The number of halogens is 2. The summed E-state index contributed by atoms with van der Waals surface area (Å²) in [7, 11) is 0. The van der Waals surface area contributed by atoms with Crippen LogP contribution < -0.4 is 16.4 Å². The summed E-state index contributed by atoms with van der Waals surface area (Å²) in [5, 5.41) is 6.49. The van der Waals surface area contributed by atoms with Crippen LogP contribution in [-0.4, -0.2) is 24.4 Å². The molecule has 5 nitrogen and oxygen atoms in total. The second kappa shape index (κ2) is 8.08. The van der Waals surface area contributed by atoms with Crippen molar-refractivity contribution in [3.63, 3.8) is 0 Å². The maximum Gasteiger partial charge on any atom is 0.255 e. The van der Waals surface area contributed by atoms with E-state index in [1.165, 1.54) is 12.1 Å². The summed E-state index contributed by atoms with van der Waals surface area (Å²) in [6.45, 7) is 0.437. The highest BCUT2D eigenvalue weighted by Crippen LogP contribution is 2.32. The Bertz CT molecular complexity index is 800. The highest BCUT2D eigenvalue weighted by Gasteiger charge is 2.31. The summed E-state index contributed by atoms with van der Waals surface area (Å²) in [5.41, 5.74) is 7.17. The van der Waals surface area contributed by atoms with Crippen molar-refractivity contribution in [3.8, 4) is 0 Å². The number of hydrogen-bond donors (Lipinski definition) is 3. The Morgan fingerprint density at radius 2 is 1.62 bits per heavy atom. The van der Waals surface area contributed by atoms with E-state index in [4.69, 9.17) is 28.9 Å². The van der Waals surface area contributed by atoms with E-state index in [0.717, 1.165) is 12.8 Å². The van der Waals surface area contributed by atoms with Gasteiger partial charge in [-0.1, -0.05) is 23.2 Å². The number of carbonyl (C=O) groups excluding carboxylic acids is 2. The standard InChI is InChI=1S/C19H19Cl2N3O2/c20-14-7-13(8-15(21)9-14)19(26)23-16-5-3-12(4-6-16)18(25)24-17(10-22)11-1-2-11/h3-9,11,17H,1-2,10,22H2,(H,23,26)(H,24,25). The third kappa shape index (κ3) is 4.75. The van der Waals surface area contributed by atoms with Crippen molar-refractivity contribution >= 4 is 40.7 Å². The number of carbonyl (C=O) groups is 2. The van der Waals surface area contributed by atoms with E-state index in [1.54, 1.807) is 30.3 Å². The molecule has 0 heterocycles. The van der Waals surface area contributed by atoms with Gasteiger partial charge in [0.15, 0.2) is 0 Å². The molecule has 136 valence electrons. The van der Waals surface area contributed by atoms with E-state index < -0.39 is 0 Å². The smallest absolute Gasteiger partial charge is 0.255 e. The van der Waals surface area contributed by atoms with Gasteiger partial charge in [0.2, 0.25) is 0 Å². The molecule has 1 atom stereocenters. The van der Waals surface area contributed by atoms with E-state index >= 15 is 0 Å². The van der Waals surface area contributed by atoms with Crippen LogP contribution in [0.3, 0.4) is 0 Å². The molecule has 7 heteroatoms. The molecule has 2 aromatic carbocycles. The Hall–Kier alpha value is -2.08. The molecule has 0 radical (unpaired) electrons. The first-order valence-electron chi connectivity index (χ1n) is 8.34. The lowest BCUT2D eigenvalue weighted by Gasteiger charge is -2.16. The van der Waals surface area contributed by atoms with Crippen LogP contribution in [-0.2, 0) is 0 Å². The predicted octanol–water partition coefficient (Wildman–Crippen LogP) is 3.71. The molecule has 0 aliphatic heterocycles. The first-order chi connectivity index (χ1) is 12.5. The second-order valence-electron chi connectivity index (χ2n) is 6.34. The van der Waals surface area contributed by atoms with Gasteiger partial charge in [0.05, 0.1) is 0 Å². The van der Waals surface area contributed by atoms with E-state index in [-0.39, 0.29) is 17.9 Å². The largest absolute Gasteiger partial charge is 0.348 e. The zero-order valence-corrected chi connectivity index (χ0v) is 15.5. The molecule has 1 unspecified atom stereocenters. The van der Waals surface area contributed by atoms with E-state index in [1.807, 2.05) is 0 Å². The molecule has 0 saturated heterocycles. The Labute approximate surface area is 161 Å². The fraction of sp³-hybridized carbons (Fsp3) is 0.263. The van der Waals surface area contributed by atoms with E-state index in [0.29, 0.717) is 39.3 Å². The first kappa shape index (κ1) is 18.7. The van der Waals surface area contributed by atoms with Crippen molar-refractivity contribution in [1.29, 1.82) is 0 Å². The maximum atomic E-state index is 12.3. The number of hydrogen-bond acceptors (Lipinski definition) is 3. The fourth-order valence-electron chi connectivity index (χ4n) is 2.71. The number of nitrogens with one attached hydrogen (secondary N) is 2. The van der Waals surface area contributed by atoms with Crippen LogP contribution in [0.15, 0.2) is 42.5 Å². The maximum absolute atomic E-state index is 12.3. The molecule has 0 bridgehead atoms. The molecule has 0 aromatic heterocycles. The average molecular weight is 392 g/mol. The van der Waals surface area contributed by atoms with Crippen molar-refractivity contribution < 1.29 is 9.59 Å². The van der Waals surface area contributed by atoms with Crippen molar-refractivity contribution in [1.82, 2.24) is 5.32 Å². The van der Waals surface area contributed by atoms with Crippen molar-refractivity contribution in [3.05, 3.63) is 63.6 Å². The van der Waals surface area contributed by atoms with Crippen LogP contribution in [0.1, 0.15) is 33.6 Å². The Balaban J connectivity index is 1.63. The molecule has 4 N–H and O–H groups in total. The van der Waals surface area contributed by atoms with Crippen LogP contribution in [0.25, 0.3) is 0 Å². The number of benzene rings is 2. The molecular formula is C19H19Cl2N3O2. The SMILES string of the molecule is NCC(NC(=O)c1ccc(NC(=O)c2cc(Cl)cc(Cl)c2)cc1)C1CC1. The zero-order valence-electron chi connectivity index (χ0n) is 14.0. The lowest BCUT2D eigenvalue weighted by Crippen LogP contribution is -2.41. The Morgan fingerprint density at radius 3 is 2.15 bits per heavy atom. The predicted molar refractivity (Wildman–Crippen MR) is 104 cm³/mol. The van der Waals surface area contributed by atoms with Crippen molar-refractivity contribution in [2.24, 2.45) is 11.7 Å². The van der Waals surface area contributed by atoms with Crippen molar-refractivity contribution in [2.75, 3.05) is 11.9 Å². The normalized spacial score (nSPS) is 14.6. The van der Waals surface area contributed by atoms with Crippen LogP contribution >= 0.6 is 23.2 Å². The molecule has 26 heavy (non-hydrogen) atoms. The van der Waals surface area contributed by atoms with Gasteiger partial charge < -0.3 is 16.4 Å². The molecular weight excluding hydrogens is 373 g/mol. The quantitative estimate of drug-likeness (QED) is 0.701. The van der Waals surface area contributed by atoms with Crippen LogP contribution in [0.5, 0.6) is 0 Å². The van der Waals surface area contributed by atoms with Gasteiger partial charge >= 0.3 is 0 Å². The van der Waals surface area contributed by atoms with Gasteiger partial charge in [0, 0.05) is 39.4 Å². The average Bonchev–Trinajstić information content (AvgIpc) is 3.44. The van der Waals surface area contributed by atoms with Gasteiger partial charge in [-0.15, -0.1) is 0 Å². The van der Waals surface area contributed by atoms with Gasteiger partial charge in [-0.25, -0.2) is 0 Å². The van der Waals surface area contributed by atoms with Gasteiger partial charge in [-0.3, -0.25) is 9.59 Å². The summed E-state index contributed by atoms with van der Waals surface area (Å²) in [6.07, 6.45) is 2.22. The summed E-state index contributed by atoms with van der Waals surface area (Å²) in [5.74, 6) is 0.00223. The van der Waals surface area contributed by atoms with Gasteiger partial charge in [-0.05, 0) is 61.2 Å². The third-order valence-corrected chi connectivity index (χ3v) is 4.73. The molecule has 0 spiro atoms. The molecule has 3 rings (SSSR count). The lowest BCUT2D eigenvalue weighted by molar-refractivity contribution is 0.0933. The van der Waals surface area contributed by atoms with E-state index in [2.05, 4.69) is 10.6 Å². The van der Waals surface area contributed by atoms with E-state index in [9.17, 15) is 9.59 Å². The lowest BCUT2D eigenvalue weighted by atomic mass is 10.1. The van der Waals surface area contributed by atoms with Crippen LogP contribution in [0.2, 0.25) is 10.0 Å². The number of anilines is 1. The molecule has 1 aliphatic rings. The molecule has 2 aromatic rings. The highest BCUT2D eigenvalue weighted by molar-refractivity contribution is 6.35. The fourth-order valence-corrected chi connectivity index (χ4v) is 3.24.